The van der Waals surface area contributed by atoms with Gasteiger partial charge >= 0.3 is 6.03 Å². The van der Waals surface area contributed by atoms with E-state index in [9.17, 15) is 4.79 Å². The van der Waals surface area contributed by atoms with Crippen LogP contribution in [0.5, 0.6) is 0 Å². The van der Waals surface area contributed by atoms with E-state index >= 15 is 0 Å². The third-order valence-electron chi connectivity index (χ3n) is 4.52. The Balaban J connectivity index is 1.29. The second-order valence-corrected chi connectivity index (χ2v) is 8.18. The van der Waals surface area contributed by atoms with Crippen LogP contribution in [-0.2, 0) is 19.3 Å². The van der Waals surface area contributed by atoms with Crippen molar-refractivity contribution in [2.24, 2.45) is 5.92 Å². The molecule has 0 saturated carbocycles. The van der Waals surface area contributed by atoms with Crippen LogP contribution in [0.1, 0.15) is 22.6 Å². The lowest BCUT2D eigenvalue weighted by Gasteiger charge is -2.39. The third kappa shape index (κ3) is 3.15. The molecule has 1 aliphatic heterocycles. The highest BCUT2D eigenvalue weighted by Crippen LogP contribution is 2.31. The van der Waals surface area contributed by atoms with E-state index < -0.39 is 0 Å². The number of anilines is 1. The van der Waals surface area contributed by atoms with Crippen LogP contribution >= 0.6 is 27.3 Å². The van der Waals surface area contributed by atoms with E-state index in [1.54, 1.807) is 11.3 Å². The maximum absolute atomic E-state index is 12.3. The first-order chi connectivity index (χ1) is 11.2. The molecule has 2 aliphatic rings. The number of aryl methyl sites for hydroxylation is 2. The van der Waals surface area contributed by atoms with Crippen molar-refractivity contribution in [2.75, 3.05) is 18.4 Å². The number of thiazole rings is 1. The zero-order valence-electron chi connectivity index (χ0n) is 12.7. The fraction of sp³-hybridized carbons (Fsp3) is 0.412. The molecule has 4 rings (SSSR count). The van der Waals surface area contributed by atoms with Gasteiger partial charge in [0, 0.05) is 22.4 Å². The maximum Gasteiger partial charge on any atom is 0.323 e. The van der Waals surface area contributed by atoms with Gasteiger partial charge in [-0.3, -0.25) is 5.32 Å². The van der Waals surface area contributed by atoms with Gasteiger partial charge in [0.15, 0.2) is 5.13 Å². The van der Waals surface area contributed by atoms with Crippen LogP contribution < -0.4 is 5.32 Å². The summed E-state index contributed by atoms with van der Waals surface area (Å²) in [5, 5.41) is 3.71. The topological polar surface area (TPSA) is 45.2 Å². The van der Waals surface area contributed by atoms with Crippen LogP contribution in [0.25, 0.3) is 0 Å². The molecule has 1 N–H and O–H groups in total. The van der Waals surface area contributed by atoms with E-state index in [4.69, 9.17) is 0 Å². The van der Waals surface area contributed by atoms with E-state index in [-0.39, 0.29) is 6.03 Å². The molecule has 0 unspecified atom stereocenters. The summed E-state index contributed by atoms with van der Waals surface area (Å²) in [5.41, 5.74) is 2.50. The molecular weight excluding hydrogens is 374 g/mol. The number of urea groups is 1. The van der Waals surface area contributed by atoms with Gasteiger partial charge in [-0.15, -0.1) is 11.3 Å². The molecule has 6 heteroatoms. The molecule has 4 nitrogen and oxygen atoms in total. The number of nitrogens with one attached hydrogen (secondary N) is 1. The van der Waals surface area contributed by atoms with Crippen molar-refractivity contribution in [3.8, 4) is 0 Å². The summed E-state index contributed by atoms with van der Waals surface area (Å²) in [5.74, 6) is 0.542. The minimum atomic E-state index is -0.0131. The normalized spacial score (nSPS) is 17.0. The number of nitrogens with zero attached hydrogens (tertiary/aromatic N) is 2. The quantitative estimate of drug-likeness (QED) is 0.855. The second-order valence-electron chi connectivity index (χ2n) is 6.24. The maximum atomic E-state index is 12.3. The molecule has 1 saturated heterocycles. The Kier molecular flexibility index (Phi) is 4.11. The van der Waals surface area contributed by atoms with E-state index in [0.717, 1.165) is 42.0 Å². The average molecular weight is 392 g/mol. The van der Waals surface area contributed by atoms with Gasteiger partial charge in [-0.05, 0) is 43.2 Å². The number of carbonyl (C=O) groups is 1. The van der Waals surface area contributed by atoms with Crippen LogP contribution in [0.4, 0.5) is 9.93 Å². The first kappa shape index (κ1) is 15.1. The molecular formula is C17H18BrN3OS. The molecule has 0 bridgehead atoms. The number of hydrogen-bond acceptors (Lipinski definition) is 3. The monoisotopic (exact) mass is 391 g/mol. The van der Waals surface area contributed by atoms with Crippen molar-refractivity contribution in [3.63, 3.8) is 0 Å². The SMILES string of the molecule is O=C(Nc1nc2c(s1)CCC2)N1CC(Cc2ccccc2Br)C1. The zero-order valence-corrected chi connectivity index (χ0v) is 15.1. The smallest absolute Gasteiger partial charge is 0.323 e. The van der Waals surface area contributed by atoms with Gasteiger partial charge in [-0.25, -0.2) is 9.78 Å². The van der Waals surface area contributed by atoms with Gasteiger partial charge < -0.3 is 4.90 Å². The lowest BCUT2D eigenvalue weighted by atomic mass is 9.92. The zero-order chi connectivity index (χ0) is 15.8. The van der Waals surface area contributed by atoms with Gasteiger partial charge in [0.05, 0.1) is 5.69 Å². The molecule has 23 heavy (non-hydrogen) atoms. The molecule has 0 spiro atoms. The summed E-state index contributed by atoms with van der Waals surface area (Å²) >= 11 is 5.22. The van der Waals surface area contributed by atoms with Crippen LogP contribution in [0.15, 0.2) is 28.7 Å². The highest BCUT2D eigenvalue weighted by molar-refractivity contribution is 9.10. The standard InChI is InChI=1S/C17H18BrN3OS/c18-13-5-2-1-4-12(13)8-11-9-21(10-11)17(22)20-16-19-14-6-3-7-15(14)23-16/h1-2,4-5,11H,3,6-10H2,(H,19,20,22). The highest BCUT2D eigenvalue weighted by Gasteiger charge is 2.31. The van der Waals surface area contributed by atoms with Gasteiger partial charge in [0.1, 0.15) is 0 Å². The first-order valence-electron chi connectivity index (χ1n) is 7.97. The molecule has 1 aromatic carbocycles. The number of halogens is 1. The van der Waals surface area contributed by atoms with Gasteiger partial charge in [0.25, 0.3) is 0 Å². The number of rotatable bonds is 3. The number of benzene rings is 1. The van der Waals surface area contributed by atoms with Gasteiger partial charge in [-0.1, -0.05) is 34.1 Å². The van der Waals surface area contributed by atoms with E-state index in [1.807, 2.05) is 11.0 Å². The predicted molar refractivity (Wildman–Crippen MR) is 96.1 cm³/mol. The van der Waals surface area contributed by atoms with Crippen LogP contribution in [0, 0.1) is 5.92 Å². The van der Waals surface area contributed by atoms with Gasteiger partial charge in [0.2, 0.25) is 0 Å². The molecule has 2 amide bonds. The van der Waals surface area contributed by atoms with E-state index in [1.165, 1.54) is 22.6 Å². The molecule has 1 fully saturated rings. The fourth-order valence-corrected chi connectivity index (χ4v) is 4.74. The lowest BCUT2D eigenvalue weighted by Crippen LogP contribution is -2.52. The highest BCUT2D eigenvalue weighted by atomic mass is 79.9. The van der Waals surface area contributed by atoms with Crippen molar-refractivity contribution >= 4 is 38.4 Å². The molecule has 120 valence electrons. The summed E-state index contributed by atoms with van der Waals surface area (Å²) in [6.07, 6.45) is 4.38. The Morgan fingerprint density at radius 3 is 2.96 bits per heavy atom. The van der Waals surface area contributed by atoms with E-state index in [0.29, 0.717) is 5.92 Å². The Morgan fingerprint density at radius 2 is 2.17 bits per heavy atom. The van der Waals surface area contributed by atoms with Crippen molar-refractivity contribution in [1.29, 1.82) is 0 Å². The van der Waals surface area contributed by atoms with Crippen LogP contribution in [-0.4, -0.2) is 29.0 Å². The summed E-state index contributed by atoms with van der Waals surface area (Å²) in [4.78, 5) is 20.0. The number of carbonyl (C=O) groups excluding carboxylic acids is 1. The van der Waals surface area contributed by atoms with Crippen LogP contribution in [0.2, 0.25) is 0 Å². The lowest BCUT2D eigenvalue weighted by molar-refractivity contribution is 0.131. The Morgan fingerprint density at radius 1 is 1.35 bits per heavy atom. The Hall–Kier alpha value is -1.40. The summed E-state index contributed by atoms with van der Waals surface area (Å²) in [6.45, 7) is 1.64. The minimum Gasteiger partial charge on any atom is -0.324 e. The Labute approximate surface area is 148 Å². The fourth-order valence-electron chi connectivity index (χ4n) is 3.25. The molecule has 0 radical (unpaired) electrons. The van der Waals surface area contributed by atoms with Crippen molar-refractivity contribution in [2.45, 2.75) is 25.7 Å². The van der Waals surface area contributed by atoms with Gasteiger partial charge in [-0.2, -0.15) is 0 Å². The minimum absolute atomic E-state index is 0.0131. The molecule has 1 aliphatic carbocycles. The number of likely N-dealkylation sites (tertiary alicyclic amines) is 1. The second kappa shape index (κ2) is 6.24. The number of fused-ring (bicyclic) bond motifs is 1. The predicted octanol–water partition coefficient (Wildman–Crippen LogP) is 4.10. The summed E-state index contributed by atoms with van der Waals surface area (Å²) in [6, 6.07) is 8.29. The average Bonchev–Trinajstić information content (AvgIpc) is 3.05. The number of hydrogen-bond donors (Lipinski definition) is 1. The largest absolute Gasteiger partial charge is 0.324 e. The molecule has 2 heterocycles. The molecule has 0 atom stereocenters. The van der Waals surface area contributed by atoms with E-state index in [2.05, 4.69) is 44.4 Å². The summed E-state index contributed by atoms with van der Waals surface area (Å²) < 4.78 is 1.15. The van der Waals surface area contributed by atoms with Crippen molar-refractivity contribution in [1.82, 2.24) is 9.88 Å². The van der Waals surface area contributed by atoms with Crippen molar-refractivity contribution in [3.05, 3.63) is 44.9 Å². The Bertz CT molecular complexity index is 718. The molecule has 2 aromatic rings. The van der Waals surface area contributed by atoms with Crippen molar-refractivity contribution < 1.29 is 4.79 Å². The van der Waals surface area contributed by atoms with Crippen LogP contribution in [0.3, 0.4) is 0 Å². The number of amides is 2. The first-order valence-corrected chi connectivity index (χ1v) is 9.58. The molecule has 1 aromatic heterocycles. The number of aromatic nitrogens is 1. The summed E-state index contributed by atoms with van der Waals surface area (Å²) in [7, 11) is 0. The third-order valence-corrected chi connectivity index (χ3v) is 6.37.